The Labute approximate surface area is 190 Å². The number of likely N-dealkylation sites (tertiary alicyclic amines) is 1. The van der Waals surface area contributed by atoms with Gasteiger partial charge in [0, 0.05) is 12.1 Å². The maximum absolute atomic E-state index is 13.1. The van der Waals surface area contributed by atoms with E-state index in [0.717, 1.165) is 30.5 Å². The number of hydrogen-bond donors (Lipinski definition) is 1. The van der Waals surface area contributed by atoms with Crippen LogP contribution in [-0.2, 0) is 9.59 Å². The molecule has 32 heavy (non-hydrogen) atoms. The number of Topliss-reactive ketones (excluding diaryl/α,β-unsaturated/α-hetero) is 1. The number of ether oxygens (including phenoxy) is 1. The number of aryl methyl sites for hydroxylation is 1. The summed E-state index contributed by atoms with van der Waals surface area (Å²) in [4.78, 5) is 29.7. The SMILES string of the molecule is CCCOc1ccc(/C(O)=C2/C(=O)C(=O)N(CCCN(C)C)C2c2ccccc2C)cc1. The Morgan fingerprint density at radius 2 is 1.78 bits per heavy atom. The van der Waals surface area contributed by atoms with Crippen LogP contribution in [0.1, 0.15) is 42.5 Å². The topological polar surface area (TPSA) is 70.1 Å². The predicted molar refractivity (Wildman–Crippen MR) is 126 cm³/mol. The van der Waals surface area contributed by atoms with Crippen LogP contribution in [0.25, 0.3) is 5.76 Å². The highest BCUT2D eigenvalue weighted by Gasteiger charge is 2.46. The van der Waals surface area contributed by atoms with Gasteiger partial charge in [-0.2, -0.15) is 0 Å². The Balaban J connectivity index is 2.03. The summed E-state index contributed by atoms with van der Waals surface area (Å²) in [7, 11) is 3.95. The van der Waals surface area contributed by atoms with E-state index in [0.29, 0.717) is 24.5 Å². The molecule has 1 N–H and O–H groups in total. The van der Waals surface area contributed by atoms with Gasteiger partial charge in [-0.3, -0.25) is 9.59 Å². The molecule has 0 saturated carbocycles. The third-order valence-corrected chi connectivity index (χ3v) is 5.63. The lowest BCUT2D eigenvalue weighted by Crippen LogP contribution is -2.32. The number of ketones is 1. The fraction of sp³-hybridized carbons (Fsp3) is 0.385. The lowest BCUT2D eigenvalue weighted by molar-refractivity contribution is -0.139. The van der Waals surface area contributed by atoms with Gasteiger partial charge in [0.15, 0.2) is 0 Å². The molecule has 1 atom stereocenters. The third-order valence-electron chi connectivity index (χ3n) is 5.63. The fourth-order valence-electron chi connectivity index (χ4n) is 3.97. The van der Waals surface area contributed by atoms with Gasteiger partial charge in [-0.15, -0.1) is 0 Å². The zero-order valence-electron chi connectivity index (χ0n) is 19.3. The van der Waals surface area contributed by atoms with Crippen molar-refractivity contribution in [2.45, 2.75) is 32.7 Å². The Kier molecular flexibility index (Phi) is 7.70. The van der Waals surface area contributed by atoms with Crippen molar-refractivity contribution >= 4 is 17.4 Å². The van der Waals surface area contributed by atoms with Crippen LogP contribution in [-0.4, -0.2) is 60.4 Å². The van der Waals surface area contributed by atoms with Crippen LogP contribution in [0.3, 0.4) is 0 Å². The predicted octanol–water partition coefficient (Wildman–Crippen LogP) is 4.16. The Bertz CT molecular complexity index is 995. The molecule has 2 aromatic rings. The number of carbonyl (C=O) groups is 2. The van der Waals surface area contributed by atoms with E-state index in [1.807, 2.05) is 57.1 Å². The largest absolute Gasteiger partial charge is 0.507 e. The quantitative estimate of drug-likeness (QED) is 0.363. The Morgan fingerprint density at radius 1 is 1.09 bits per heavy atom. The number of aliphatic hydroxyl groups is 1. The molecule has 1 saturated heterocycles. The summed E-state index contributed by atoms with van der Waals surface area (Å²) in [5.74, 6) is -0.676. The maximum Gasteiger partial charge on any atom is 0.295 e. The second-order valence-corrected chi connectivity index (χ2v) is 8.38. The van der Waals surface area contributed by atoms with Crippen molar-refractivity contribution in [2.24, 2.45) is 0 Å². The van der Waals surface area contributed by atoms with E-state index in [2.05, 4.69) is 0 Å². The van der Waals surface area contributed by atoms with Crippen molar-refractivity contribution in [2.75, 3.05) is 33.8 Å². The number of hydrogen-bond acceptors (Lipinski definition) is 5. The van der Waals surface area contributed by atoms with Gasteiger partial charge < -0.3 is 19.6 Å². The zero-order chi connectivity index (χ0) is 23.3. The molecule has 170 valence electrons. The van der Waals surface area contributed by atoms with Gasteiger partial charge in [0.2, 0.25) is 0 Å². The molecule has 2 aromatic carbocycles. The fourth-order valence-corrected chi connectivity index (χ4v) is 3.97. The highest BCUT2D eigenvalue weighted by molar-refractivity contribution is 6.46. The second kappa shape index (κ2) is 10.5. The van der Waals surface area contributed by atoms with E-state index in [1.54, 1.807) is 29.2 Å². The summed E-state index contributed by atoms with van der Waals surface area (Å²) in [6.07, 6.45) is 1.63. The molecular weight excluding hydrogens is 404 g/mol. The minimum Gasteiger partial charge on any atom is -0.507 e. The van der Waals surface area contributed by atoms with Gasteiger partial charge in [-0.25, -0.2) is 0 Å². The summed E-state index contributed by atoms with van der Waals surface area (Å²) in [6, 6.07) is 14.0. The average molecular weight is 437 g/mol. The molecule has 1 aliphatic heterocycles. The van der Waals surface area contributed by atoms with Gasteiger partial charge >= 0.3 is 0 Å². The normalized spacial score (nSPS) is 17.9. The number of carbonyl (C=O) groups excluding carboxylic acids is 2. The van der Waals surface area contributed by atoms with E-state index >= 15 is 0 Å². The van der Waals surface area contributed by atoms with Gasteiger partial charge in [0.05, 0.1) is 18.2 Å². The average Bonchev–Trinajstić information content (AvgIpc) is 3.02. The molecule has 1 heterocycles. The van der Waals surface area contributed by atoms with Crippen LogP contribution in [0.5, 0.6) is 5.75 Å². The van der Waals surface area contributed by atoms with Gasteiger partial charge in [-0.05, 0) is 75.8 Å². The van der Waals surface area contributed by atoms with Crippen LogP contribution in [0.4, 0.5) is 0 Å². The third kappa shape index (κ3) is 5.02. The molecule has 1 amide bonds. The first-order chi connectivity index (χ1) is 15.3. The lowest BCUT2D eigenvalue weighted by Gasteiger charge is -2.27. The maximum atomic E-state index is 13.1. The molecule has 0 radical (unpaired) electrons. The van der Waals surface area contributed by atoms with E-state index in [9.17, 15) is 14.7 Å². The first-order valence-electron chi connectivity index (χ1n) is 11.1. The van der Waals surface area contributed by atoms with E-state index in [4.69, 9.17) is 4.74 Å². The number of nitrogens with zero attached hydrogens (tertiary/aromatic N) is 2. The summed E-state index contributed by atoms with van der Waals surface area (Å²) >= 11 is 0. The van der Waals surface area contributed by atoms with Crippen LogP contribution in [0.15, 0.2) is 54.1 Å². The molecule has 1 aliphatic rings. The minimum atomic E-state index is -0.646. The second-order valence-electron chi connectivity index (χ2n) is 8.38. The number of rotatable bonds is 9. The highest BCUT2D eigenvalue weighted by atomic mass is 16.5. The van der Waals surface area contributed by atoms with Crippen molar-refractivity contribution in [3.05, 3.63) is 70.8 Å². The standard InChI is InChI=1S/C26H32N2O4/c1-5-17-32-20-13-11-19(12-14-20)24(29)22-23(21-10-7-6-9-18(21)2)28(26(31)25(22)30)16-8-15-27(3)4/h6-7,9-14,23,29H,5,8,15-17H2,1-4H3/b24-22-. The Hall–Kier alpha value is -3.12. The van der Waals surface area contributed by atoms with Crippen molar-refractivity contribution in [1.82, 2.24) is 9.80 Å². The molecule has 0 aromatic heterocycles. The molecule has 0 spiro atoms. The first-order valence-corrected chi connectivity index (χ1v) is 11.1. The lowest BCUT2D eigenvalue weighted by atomic mass is 9.92. The van der Waals surface area contributed by atoms with E-state index < -0.39 is 17.7 Å². The zero-order valence-corrected chi connectivity index (χ0v) is 19.3. The van der Waals surface area contributed by atoms with Crippen molar-refractivity contribution < 1.29 is 19.4 Å². The number of aliphatic hydroxyl groups excluding tert-OH is 1. The van der Waals surface area contributed by atoms with Gasteiger partial charge in [0.25, 0.3) is 11.7 Å². The Morgan fingerprint density at radius 3 is 2.41 bits per heavy atom. The van der Waals surface area contributed by atoms with Crippen molar-refractivity contribution in [3.63, 3.8) is 0 Å². The monoisotopic (exact) mass is 436 g/mol. The molecule has 1 unspecified atom stereocenters. The van der Waals surface area contributed by atoms with Crippen LogP contribution >= 0.6 is 0 Å². The molecule has 0 aliphatic carbocycles. The molecule has 6 nitrogen and oxygen atoms in total. The van der Waals surface area contributed by atoms with Crippen LogP contribution in [0.2, 0.25) is 0 Å². The number of amides is 1. The molecule has 1 fully saturated rings. The molecule has 3 rings (SSSR count). The summed E-state index contributed by atoms with van der Waals surface area (Å²) < 4.78 is 5.61. The molecule has 6 heteroatoms. The van der Waals surface area contributed by atoms with E-state index in [-0.39, 0.29) is 11.3 Å². The highest BCUT2D eigenvalue weighted by Crippen LogP contribution is 2.40. The summed E-state index contributed by atoms with van der Waals surface area (Å²) in [5, 5.41) is 11.2. The van der Waals surface area contributed by atoms with Crippen LogP contribution < -0.4 is 4.74 Å². The molecular formula is C26H32N2O4. The molecule has 0 bridgehead atoms. The summed E-state index contributed by atoms with van der Waals surface area (Å²) in [5.41, 5.74) is 2.43. The first kappa shape index (κ1) is 23.5. The van der Waals surface area contributed by atoms with Gasteiger partial charge in [-0.1, -0.05) is 31.2 Å². The van der Waals surface area contributed by atoms with E-state index in [1.165, 1.54) is 0 Å². The van der Waals surface area contributed by atoms with Crippen molar-refractivity contribution in [1.29, 1.82) is 0 Å². The minimum absolute atomic E-state index is 0.136. The van der Waals surface area contributed by atoms with Gasteiger partial charge in [0.1, 0.15) is 11.5 Å². The van der Waals surface area contributed by atoms with Crippen LogP contribution in [0, 0.1) is 6.92 Å². The summed E-state index contributed by atoms with van der Waals surface area (Å²) in [6.45, 7) is 5.82. The van der Waals surface area contributed by atoms with Crippen molar-refractivity contribution in [3.8, 4) is 5.75 Å². The number of benzene rings is 2. The smallest absolute Gasteiger partial charge is 0.295 e.